The fourth-order valence-electron chi connectivity index (χ4n) is 8.64. The molecule has 0 aliphatic heterocycles. The van der Waals surface area contributed by atoms with Gasteiger partial charge in [-0.1, -0.05) is 263 Å². The van der Waals surface area contributed by atoms with E-state index in [4.69, 9.17) is 14.2 Å². The molecule has 0 spiro atoms. The van der Waals surface area contributed by atoms with Crippen LogP contribution in [0.5, 0.6) is 0 Å². The second-order valence-electron chi connectivity index (χ2n) is 21.3. The van der Waals surface area contributed by atoms with Gasteiger partial charge in [-0.15, -0.1) is 0 Å². The minimum absolute atomic E-state index is 0.0979. The van der Waals surface area contributed by atoms with Crippen LogP contribution in [0.15, 0.2) is 146 Å². The van der Waals surface area contributed by atoms with Crippen molar-refractivity contribution in [1.82, 2.24) is 0 Å². The number of carbonyl (C=O) groups excluding carboxylic acids is 3. The Morgan fingerprint density at radius 3 is 0.800 bits per heavy atom. The normalized spacial score (nSPS) is 13.1. The molecule has 0 rings (SSSR count). The second kappa shape index (κ2) is 66.8. The van der Waals surface area contributed by atoms with Gasteiger partial charge in [0.2, 0.25) is 0 Å². The van der Waals surface area contributed by atoms with E-state index in [0.717, 1.165) is 173 Å². The Labute approximate surface area is 493 Å². The zero-order valence-corrected chi connectivity index (χ0v) is 51.8. The van der Waals surface area contributed by atoms with Crippen molar-refractivity contribution >= 4 is 17.9 Å². The van der Waals surface area contributed by atoms with Crippen molar-refractivity contribution in [1.29, 1.82) is 0 Å². The fraction of sp³-hybridized carbons (Fsp3) is 0.635. The summed E-state index contributed by atoms with van der Waals surface area (Å²) in [7, 11) is 0. The van der Waals surface area contributed by atoms with Gasteiger partial charge in [-0.3, -0.25) is 14.4 Å². The van der Waals surface area contributed by atoms with Crippen LogP contribution in [-0.2, 0) is 28.6 Å². The molecule has 452 valence electrons. The van der Waals surface area contributed by atoms with Crippen LogP contribution in [0.2, 0.25) is 0 Å². The average molecular weight is 1110 g/mol. The van der Waals surface area contributed by atoms with Gasteiger partial charge in [-0.25, -0.2) is 0 Å². The Morgan fingerprint density at radius 1 is 0.263 bits per heavy atom. The Bertz CT molecular complexity index is 1750. The molecule has 0 bridgehead atoms. The van der Waals surface area contributed by atoms with Crippen LogP contribution in [0.4, 0.5) is 0 Å². The highest BCUT2D eigenvalue weighted by Crippen LogP contribution is 2.14. The molecular weight excluding hydrogens is 985 g/mol. The summed E-state index contributed by atoms with van der Waals surface area (Å²) in [5.74, 6) is -0.939. The molecule has 0 aromatic heterocycles. The summed E-state index contributed by atoms with van der Waals surface area (Å²) in [4.78, 5) is 38.3. The third-order valence-corrected chi connectivity index (χ3v) is 13.5. The molecule has 1 atom stereocenters. The average Bonchev–Trinajstić information content (AvgIpc) is 3.46. The van der Waals surface area contributed by atoms with E-state index in [2.05, 4.69) is 167 Å². The van der Waals surface area contributed by atoms with Crippen molar-refractivity contribution in [3.63, 3.8) is 0 Å². The molecule has 0 aliphatic rings. The predicted octanol–water partition coefficient (Wildman–Crippen LogP) is 22.7. The van der Waals surface area contributed by atoms with Gasteiger partial charge in [0.15, 0.2) is 6.10 Å². The van der Waals surface area contributed by atoms with Crippen LogP contribution in [0.1, 0.15) is 284 Å². The number of esters is 3. The van der Waals surface area contributed by atoms with Crippen molar-refractivity contribution in [2.75, 3.05) is 13.2 Å². The molecule has 0 heterocycles. The maximum absolute atomic E-state index is 12.9. The van der Waals surface area contributed by atoms with Crippen LogP contribution >= 0.6 is 0 Å². The van der Waals surface area contributed by atoms with E-state index in [1.54, 1.807) is 0 Å². The zero-order valence-electron chi connectivity index (χ0n) is 51.8. The molecule has 1 unspecified atom stereocenters. The van der Waals surface area contributed by atoms with Crippen LogP contribution in [0.25, 0.3) is 0 Å². The summed E-state index contributed by atoms with van der Waals surface area (Å²) in [5.41, 5.74) is 0. The Morgan fingerprint density at radius 2 is 0.487 bits per heavy atom. The first-order valence-corrected chi connectivity index (χ1v) is 32.8. The van der Waals surface area contributed by atoms with Crippen LogP contribution in [0.3, 0.4) is 0 Å². The molecular formula is C74H120O6. The number of hydrogen-bond donors (Lipinski definition) is 0. The highest BCUT2D eigenvalue weighted by Gasteiger charge is 2.19. The summed E-state index contributed by atoms with van der Waals surface area (Å²) in [6.45, 7) is 6.46. The molecule has 0 aliphatic carbocycles. The highest BCUT2D eigenvalue weighted by molar-refractivity contribution is 5.71. The molecule has 0 saturated heterocycles. The van der Waals surface area contributed by atoms with Crippen molar-refractivity contribution in [3.8, 4) is 0 Å². The van der Waals surface area contributed by atoms with Gasteiger partial charge in [0, 0.05) is 19.3 Å². The quantitative estimate of drug-likeness (QED) is 0.0261. The van der Waals surface area contributed by atoms with Crippen molar-refractivity contribution in [2.45, 2.75) is 290 Å². The van der Waals surface area contributed by atoms with E-state index in [1.807, 2.05) is 0 Å². The summed E-state index contributed by atoms with van der Waals surface area (Å²) in [5, 5.41) is 0. The summed E-state index contributed by atoms with van der Waals surface area (Å²) in [6.07, 6.45) is 95.7. The monoisotopic (exact) mass is 1100 g/mol. The van der Waals surface area contributed by atoms with Crippen molar-refractivity contribution < 1.29 is 28.6 Å². The molecule has 0 N–H and O–H groups in total. The van der Waals surface area contributed by atoms with Crippen LogP contribution in [-0.4, -0.2) is 37.2 Å². The Balaban J connectivity index is 4.35. The lowest BCUT2D eigenvalue weighted by Crippen LogP contribution is -2.30. The minimum atomic E-state index is -0.803. The number of carbonyl (C=O) groups is 3. The van der Waals surface area contributed by atoms with E-state index >= 15 is 0 Å². The smallest absolute Gasteiger partial charge is 0.306 e. The first-order chi connectivity index (χ1) is 39.5. The topological polar surface area (TPSA) is 78.9 Å². The number of hydrogen-bond acceptors (Lipinski definition) is 6. The second-order valence-corrected chi connectivity index (χ2v) is 21.3. The zero-order chi connectivity index (χ0) is 57.8. The van der Waals surface area contributed by atoms with E-state index < -0.39 is 6.10 Å². The minimum Gasteiger partial charge on any atom is -0.462 e. The van der Waals surface area contributed by atoms with Crippen LogP contribution in [0, 0.1) is 0 Å². The number of ether oxygens (including phenoxy) is 3. The van der Waals surface area contributed by atoms with Crippen molar-refractivity contribution in [2.24, 2.45) is 0 Å². The SMILES string of the molecule is CC/C=C\C/C=C\C/C=C\C/C=C\C/C=C\C/C=C\C/C=C\C/C=C\C/C=C\CCCCCCCC(=O)OCC(COC(=O)CCCCCCC/C=C\CCCCCCC)OC(=O)CCCCCCC/C=C\C/C=C\CCCCC. The number of unbranched alkanes of at least 4 members (excludes halogenated alkanes) is 23. The number of allylic oxidation sites excluding steroid dienone is 24. The molecule has 0 aromatic rings. The predicted molar refractivity (Wildman–Crippen MR) is 348 cm³/mol. The highest BCUT2D eigenvalue weighted by atomic mass is 16.6. The first-order valence-electron chi connectivity index (χ1n) is 32.8. The molecule has 0 saturated carbocycles. The summed E-state index contributed by atoms with van der Waals surface area (Å²) in [6, 6.07) is 0. The molecule has 0 aromatic carbocycles. The Kier molecular flexibility index (Phi) is 62.9. The van der Waals surface area contributed by atoms with Gasteiger partial charge in [0.25, 0.3) is 0 Å². The Hall–Kier alpha value is -4.71. The van der Waals surface area contributed by atoms with Gasteiger partial charge in [0.1, 0.15) is 13.2 Å². The van der Waals surface area contributed by atoms with Gasteiger partial charge in [-0.05, 0) is 148 Å². The molecule has 80 heavy (non-hydrogen) atoms. The van der Waals surface area contributed by atoms with E-state index in [-0.39, 0.29) is 31.1 Å². The van der Waals surface area contributed by atoms with Gasteiger partial charge < -0.3 is 14.2 Å². The first kappa shape index (κ1) is 75.3. The summed E-state index contributed by atoms with van der Waals surface area (Å²) >= 11 is 0. The molecule has 0 amide bonds. The van der Waals surface area contributed by atoms with E-state index in [9.17, 15) is 14.4 Å². The van der Waals surface area contributed by atoms with Crippen molar-refractivity contribution in [3.05, 3.63) is 146 Å². The molecule has 6 nitrogen and oxygen atoms in total. The van der Waals surface area contributed by atoms with Crippen LogP contribution < -0.4 is 0 Å². The van der Waals surface area contributed by atoms with E-state index in [0.29, 0.717) is 19.3 Å². The fourth-order valence-corrected chi connectivity index (χ4v) is 8.64. The van der Waals surface area contributed by atoms with Gasteiger partial charge in [0.05, 0.1) is 0 Å². The van der Waals surface area contributed by atoms with E-state index in [1.165, 1.54) is 70.6 Å². The largest absolute Gasteiger partial charge is 0.462 e. The standard InChI is InChI=1S/C74H120O6/c1-4-7-10-13-16-19-22-25-28-29-30-31-32-33-34-35-36-37-38-39-40-41-42-43-44-45-47-49-52-55-58-61-64-67-73(76)79-70-71(69-78-72(75)66-63-60-57-54-51-48-27-24-21-18-15-12-9-6-3)80-74(77)68-65-62-59-56-53-50-46-26-23-20-17-14-11-8-5-2/h7,10,16-17,19-20,24-28,30-31,33-34,36-37,39-40,42-43,45-47,71H,4-6,8-9,11-15,18,21-23,29,32,35,38,41,44,48-70H2,1-3H3/b10-7-,19-16-,20-17-,27-24-,28-25-,31-30-,34-33-,37-36-,40-39-,43-42-,46-26-,47-45-. The third kappa shape index (κ3) is 64.1. The molecule has 0 fully saturated rings. The van der Waals surface area contributed by atoms with Gasteiger partial charge >= 0.3 is 17.9 Å². The number of rotatable bonds is 58. The van der Waals surface area contributed by atoms with Gasteiger partial charge in [-0.2, -0.15) is 0 Å². The lowest BCUT2D eigenvalue weighted by molar-refractivity contribution is -0.167. The lowest BCUT2D eigenvalue weighted by atomic mass is 10.1. The maximum Gasteiger partial charge on any atom is 0.306 e. The molecule has 0 radical (unpaired) electrons. The lowest BCUT2D eigenvalue weighted by Gasteiger charge is -2.18. The molecule has 6 heteroatoms. The maximum atomic E-state index is 12.9. The third-order valence-electron chi connectivity index (χ3n) is 13.5. The summed E-state index contributed by atoms with van der Waals surface area (Å²) < 4.78 is 16.9.